The molecule has 14 heavy (non-hydrogen) atoms. The van der Waals surface area contributed by atoms with Crippen molar-refractivity contribution in [3.63, 3.8) is 0 Å². The third kappa shape index (κ3) is 2.13. The fraction of sp³-hybridized carbons (Fsp3) is 0.556. The fourth-order valence-electron chi connectivity index (χ4n) is 1.66. The lowest BCUT2D eigenvalue weighted by Gasteiger charge is -2.13. The molecule has 1 unspecified atom stereocenters. The van der Waals surface area contributed by atoms with Crippen LogP contribution in [0.3, 0.4) is 0 Å². The lowest BCUT2D eigenvalue weighted by Crippen LogP contribution is -2.24. The summed E-state index contributed by atoms with van der Waals surface area (Å²) in [6.07, 6.45) is 4.37. The molecule has 2 rings (SSSR count). The van der Waals surface area contributed by atoms with Crippen molar-refractivity contribution >= 4 is 17.4 Å². The van der Waals surface area contributed by atoms with Crippen LogP contribution in [0.5, 0.6) is 0 Å². The first-order valence-electron chi connectivity index (χ1n) is 4.67. The van der Waals surface area contributed by atoms with Crippen LogP contribution in [-0.2, 0) is 0 Å². The van der Waals surface area contributed by atoms with E-state index in [1.807, 2.05) is 0 Å². The third-order valence-corrected chi connectivity index (χ3v) is 2.66. The van der Waals surface area contributed by atoms with Gasteiger partial charge in [-0.15, -0.1) is 0 Å². The molecule has 1 aliphatic heterocycles. The number of anilines is 1. The number of likely N-dealkylation sites (N-methyl/N-ethyl adjacent to an activating group) is 1. The molecule has 0 aliphatic carbocycles. The van der Waals surface area contributed by atoms with Gasteiger partial charge in [-0.3, -0.25) is 0 Å². The van der Waals surface area contributed by atoms with Gasteiger partial charge < -0.3 is 10.2 Å². The maximum Gasteiger partial charge on any atom is 0.171 e. The highest BCUT2D eigenvalue weighted by atomic mass is 35.5. The highest BCUT2D eigenvalue weighted by Crippen LogP contribution is 2.18. The Labute approximate surface area is 88.3 Å². The summed E-state index contributed by atoms with van der Waals surface area (Å²) < 4.78 is 0. The molecule has 5 heteroatoms. The maximum absolute atomic E-state index is 5.89. The lowest BCUT2D eigenvalue weighted by molar-refractivity contribution is 0.414. The number of halogens is 1. The average Bonchev–Trinajstić information content (AvgIpc) is 2.56. The number of nitrogens with one attached hydrogen (secondary N) is 1. The molecule has 4 nitrogen and oxygen atoms in total. The zero-order valence-corrected chi connectivity index (χ0v) is 8.83. The first-order valence-corrected chi connectivity index (χ1v) is 5.05. The summed E-state index contributed by atoms with van der Waals surface area (Å²) in [7, 11) is 2.11. The van der Waals surface area contributed by atoms with Crippen LogP contribution in [0.1, 0.15) is 6.42 Å². The summed E-state index contributed by atoms with van der Waals surface area (Å²) in [5, 5.41) is 3.74. The molecule has 1 N–H and O–H groups in total. The standard InChI is InChI=1S/C9H13ClN4/c1-14-5-2-7(6-14)13-9-8(10)11-3-4-12-9/h3-4,7H,2,5-6H2,1H3,(H,12,13). The zero-order valence-electron chi connectivity index (χ0n) is 8.07. The highest BCUT2D eigenvalue weighted by molar-refractivity contribution is 6.31. The van der Waals surface area contributed by atoms with E-state index < -0.39 is 0 Å². The molecule has 1 fully saturated rings. The Balaban J connectivity index is 2.01. The Morgan fingerprint density at radius 2 is 2.29 bits per heavy atom. The number of rotatable bonds is 2. The second-order valence-corrected chi connectivity index (χ2v) is 3.95. The molecule has 1 saturated heterocycles. The van der Waals surface area contributed by atoms with Crippen molar-refractivity contribution in [3.05, 3.63) is 17.5 Å². The van der Waals surface area contributed by atoms with E-state index >= 15 is 0 Å². The van der Waals surface area contributed by atoms with E-state index in [4.69, 9.17) is 11.6 Å². The van der Waals surface area contributed by atoms with E-state index in [2.05, 4.69) is 27.2 Å². The minimum Gasteiger partial charge on any atom is -0.363 e. The van der Waals surface area contributed by atoms with Gasteiger partial charge in [0.25, 0.3) is 0 Å². The van der Waals surface area contributed by atoms with Crippen molar-refractivity contribution in [1.82, 2.24) is 14.9 Å². The van der Waals surface area contributed by atoms with Gasteiger partial charge in [-0.25, -0.2) is 9.97 Å². The van der Waals surface area contributed by atoms with E-state index in [0.29, 0.717) is 17.0 Å². The minimum atomic E-state index is 0.439. The molecule has 0 spiro atoms. The van der Waals surface area contributed by atoms with E-state index in [-0.39, 0.29) is 0 Å². The predicted octanol–water partition coefficient (Wildman–Crippen LogP) is 1.25. The van der Waals surface area contributed by atoms with Crippen molar-refractivity contribution in [2.45, 2.75) is 12.5 Å². The Hall–Kier alpha value is -0.870. The van der Waals surface area contributed by atoms with Gasteiger partial charge in [-0.1, -0.05) is 11.6 Å². The molecule has 1 aliphatic rings. The van der Waals surface area contributed by atoms with Crippen molar-refractivity contribution in [1.29, 1.82) is 0 Å². The van der Waals surface area contributed by atoms with Crippen LogP contribution in [0.2, 0.25) is 5.15 Å². The van der Waals surface area contributed by atoms with Gasteiger partial charge in [0.05, 0.1) is 0 Å². The summed E-state index contributed by atoms with van der Waals surface area (Å²) in [6.45, 7) is 2.16. The Kier molecular flexibility index (Phi) is 2.84. The molecule has 0 saturated carbocycles. The topological polar surface area (TPSA) is 41.0 Å². The van der Waals surface area contributed by atoms with Crippen molar-refractivity contribution in [2.24, 2.45) is 0 Å². The fourth-order valence-corrected chi connectivity index (χ4v) is 1.82. The molecule has 1 aromatic heterocycles. The smallest absolute Gasteiger partial charge is 0.171 e. The second-order valence-electron chi connectivity index (χ2n) is 3.59. The Bertz CT molecular complexity index is 317. The van der Waals surface area contributed by atoms with Crippen LogP contribution in [0.15, 0.2) is 12.4 Å². The quantitative estimate of drug-likeness (QED) is 0.801. The molecule has 1 aromatic rings. The summed E-state index contributed by atoms with van der Waals surface area (Å²) in [5.41, 5.74) is 0. The normalized spacial score (nSPS) is 22.6. The van der Waals surface area contributed by atoms with Crippen LogP contribution < -0.4 is 5.32 Å². The van der Waals surface area contributed by atoms with Crippen LogP contribution in [0.4, 0.5) is 5.82 Å². The molecule has 0 amide bonds. The summed E-state index contributed by atoms with van der Waals surface area (Å²) in [5.74, 6) is 0.689. The molecule has 0 bridgehead atoms. The molecule has 1 atom stereocenters. The van der Waals surface area contributed by atoms with Crippen LogP contribution in [-0.4, -0.2) is 41.0 Å². The minimum absolute atomic E-state index is 0.439. The number of aromatic nitrogens is 2. The average molecular weight is 213 g/mol. The molecule has 2 heterocycles. The molecule has 0 radical (unpaired) electrons. The van der Waals surface area contributed by atoms with E-state index in [1.54, 1.807) is 12.4 Å². The number of hydrogen-bond donors (Lipinski definition) is 1. The molecule has 0 aromatic carbocycles. The molecular formula is C9H13ClN4. The van der Waals surface area contributed by atoms with Crippen LogP contribution in [0.25, 0.3) is 0 Å². The van der Waals surface area contributed by atoms with Gasteiger partial charge in [-0.05, 0) is 20.0 Å². The van der Waals surface area contributed by atoms with Crippen molar-refractivity contribution < 1.29 is 0 Å². The zero-order chi connectivity index (χ0) is 9.97. The highest BCUT2D eigenvalue weighted by Gasteiger charge is 2.20. The SMILES string of the molecule is CN1CCC(Nc2nccnc2Cl)C1. The molecule has 76 valence electrons. The van der Waals surface area contributed by atoms with E-state index in [1.165, 1.54) is 0 Å². The van der Waals surface area contributed by atoms with Crippen LogP contribution >= 0.6 is 11.6 Å². The first-order chi connectivity index (χ1) is 6.75. The largest absolute Gasteiger partial charge is 0.363 e. The number of nitrogens with zero attached hydrogens (tertiary/aromatic N) is 3. The van der Waals surface area contributed by atoms with Gasteiger partial charge >= 0.3 is 0 Å². The third-order valence-electron chi connectivity index (χ3n) is 2.39. The van der Waals surface area contributed by atoms with E-state index in [9.17, 15) is 0 Å². The van der Waals surface area contributed by atoms with Crippen molar-refractivity contribution in [2.75, 3.05) is 25.5 Å². The summed E-state index contributed by atoms with van der Waals surface area (Å²) in [4.78, 5) is 10.4. The Morgan fingerprint density at radius 3 is 2.93 bits per heavy atom. The van der Waals surface area contributed by atoms with Gasteiger partial charge in [0.15, 0.2) is 11.0 Å². The summed E-state index contributed by atoms with van der Waals surface area (Å²) in [6, 6.07) is 0.439. The number of hydrogen-bond acceptors (Lipinski definition) is 4. The van der Waals surface area contributed by atoms with E-state index in [0.717, 1.165) is 19.5 Å². The van der Waals surface area contributed by atoms with Gasteiger partial charge in [0.1, 0.15) is 0 Å². The van der Waals surface area contributed by atoms with Gasteiger partial charge in [0, 0.05) is 25.0 Å². The summed E-state index contributed by atoms with van der Waals surface area (Å²) >= 11 is 5.89. The maximum atomic E-state index is 5.89. The monoisotopic (exact) mass is 212 g/mol. The van der Waals surface area contributed by atoms with Crippen molar-refractivity contribution in [3.8, 4) is 0 Å². The van der Waals surface area contributed by atoms with Crippen LogP contribution in [0, 0.1) is 0 Å². The Morgan fingerprint density at radius 1 is 1.50 bits per heavy atom. The predicted molar refractivity (Wildman–Crippen MR) is 56.6 cm³/mol. The number of likely N-dealkylation sites (tertiary alicyclic amines) is 1. The van der Waals surface area contributed by atoms with Gasteiger partial charge in [0.2, 0.25) is 0 Å². The van der Waals surface area contributed by atoms with Gasteiger partial charge in [-0.2, -0.15) is 0 Å². The molecular weight excluding hydrogens is 200 g/mol. The second kappa shape index (κ2) is 4.11. The first kappa shape index (κ1) is 9.68. The lowest BCUT2D eigenvalue weighted by atomic mass is 10.3.